The number of amides is 1. The number of hydrogen-bond acceptors (Lipinski definition) is 3. The molecule has 1 amide bonds. The lowest BCUT2D eigenvalue weighted by Crippen LogP contribution is -2.30. The zero-order valence-corrected chi connectivity index (χ0v) is 14.6. The molecule has 0 radical (unpaired) electrons. The second-order valence-corrected chi connectivity index (χ2v) is 6.73. The van der Waals surface area contributed by atoms with Gasteiger partial charge in [0.15, 0.2) is 0 Å². The minimum absolute atomic E-state index is 0.0810. The Morgan fingerprint density at radius 2 is 1.89 bits per heavy atom. The molecule has 0 bridgehead atoms. The van der Waals surface area contributed by atoms with Gasteiger partial charge >= 0.3 is 12.3 Å². The molecule has 2 aliphatic heterocycles. The Kier molecular flexibility index (Phi) is 4.25. The maximum atomic E-state index is 13.3. The van der Waals surface area contributed by atoms with Crippen molar-refractivity contribution in [2.24, 2.45) is 0 Å². The van der Waals surface area contributed by atoms with Gasteiger partial charge in [-0.15, -0.1) is 0 Å². The van der Waals surface area contributed by atoms with Crippen molar-refractivity contribution < 1.29 is 27.4 Å². The van der Waals surface area contributed by atoms with Crippen molar-refractivity contribution >= 4 is 6.09 Å². The fourth-order valence-electron chi connectivity index (χ4n) is 4.00. The van der Waals surface area contributed by atoms with Crippen LogP contribution in [-0.4, -0.2) is 30.8 Å². The molecule has 0 aliphatic carbocycles. The lowest BCUT2D eigenvalue weighted by Gasteiger charge is -2.25. The summed E-state index contributed by atoms with van der Waals surface area (Å²) >= 11 is 0. The SMILES string of the molecule is COc1ccccc1-c1ccc(C(F)(F)F)cc1[C@@H]1CC[C@H]2COC(=O)N21. The molecule has 0 unspecified atom stereocenters. The summed E-state index contributed by atoms with van der Waals surface area (Å²) in [4.78, 5) is 13.7. The topological polar surface area (TPSA) is 38.8 Å². The number of fused-ring (bicyclic) bond motifs is 1. The third kappa shape index (κ3) is 3.01. The number of benzene rings is 2. The molecule has 7 heteroatoms. The van der Waals surface area contributed by atoms with Crippen LogP contribution in [0.25, 0.3) is 11.1 Å². The third-order valence-electron chi connectivity index (χ3n) is 5.25. The predicted octanol–water partition coefficient (Wildman–Crippen LogP) is 5.04. The lowest BCUT2D eigenvalue weighted by atomic mass is 9.91. The van der Waals surface area contributed by atoms with Crippen LogP contribution < -0.4 is 4.74 Å². The summed E-state index contributed by atoms with van der Waals surface area (Å²) < 4.78 is 50.5. The van der Waals surface area contributed by atoms with Crippen LogP contribution in [0, 0.1) is 0 Å². The highest BCUT2D eigenvalue weighted by atomic mass is 19.4. The highest BCUT2D eigenvalue weighted by Crippen LogP contribution is 2.46. The number of carbonyl (C=O) groups excluding carboxylic acids is 1. The molecule has 2 aliphatic rings. The van der Waals surface area contributed by atoms with Crippen molar-refractivity contribution in [2.45, 2.75) is 31.1 Å². The van der Waals surface area contributed by atoms with Crippen molar-refractivity contribution in [3.8, 4) is 16.9 Å². The average molecular weight is 377 g/mol. The van der Waals surface area contributed by atoms with Gasteiger partial charge in [-0.25, -0.2) is 4.79 Å². The predicted molar refractivity (Wildman–Crippen MR) is 92.4 cm³/mol. The van der Waals surface area contributed by atoms with E-state index in [2.05, 4.69) is 0 Å². The first-order valence-corrected chi connectivity index (χ1v) is 8.70. The molecule has 4 nitrogen and oxygen atoms in total. The van der Waals surface area contributed by atoms with E-state index in [0.29, 0.717) is 35.3 Å². The molecule has 0 spiro atoms. The van der Waals surface area contributed by atoms with E-state index in [1.165, 1.54) is 13.2 Å². The van der Waals surface area contributed by atoms with E-state index in [9.17, 15) is 18.0 Å². The molecule has 2 aromatic rings. The smallest absolute Gasteiger partial charge is 0.416 e. The molecular weight excluding hydrogens is 359 g/mol. The van der Waals surface area contributed by atoms with Crippen molar-refractivity contribution in [3.05, 3.63) is 53.6 Å². The first-order chi connectivity index (χ1) is 12.9. The van der Waals surface area contributed by atoms with Crippen LogP contribution in [0.3, 0.4) is 0 Å². The third-order valence-corrected chi connectivity index (χ3v) is 5.25. The minimum Gasteiger partial charge on any atom is -0.496 e. The van der Waals surface area contributed by atoms with E-state index in [0.717, 1.165) is 12.1 Å². The van der Waals surface area contributed by atoms with Crippen LogP contribution >= 0.6 is 0 Å². The van der Waals surface area contributed by atoms with Crippen molar-refractivity contribution in [2.75, 3.05) is 13.7 Å². The molecule has 2 aromatic carbocycles. The first-order valence-electron chi connectivity index (χ1n) is 8.70. The number of halogens is 3. The molecule has 2 heterocycles. The monoisotopic (exact) mass is 377 g/mol. The van der Waals surface area contributed by atoms with E-state index < -0.39 is 23.9 Å². The number of rotatable bonds is 3. The standard InChI is InChI=1S/C20H18F3NO3/c1-26-18-5-3-2-4-15(18)14-8-6-12(20(21,22)23)10-16(14)17-9-7-13-11-27-19(25)24(13)17/h2-6,8,10,13,17H,7,9,11H2,1H3/t13-,17-/m0/s1. The summed E-state index contributed by atoms with van der Waals surface area (Å²) in [6, 6.07) is 10.3. The normalized spacial score (nSPS) is 21.9. The Hall–Kier alpha value is -2.70. The van der Waals surface area contributed by atoms with Gasteiger partial charge in [0.25, 0.3) is 0 Å². The number of carbonyl (C=O) groups is 1. The van der Waals surface area contributed by atoms with E-state index in [1.807, 2.05) is 0 Å². The van der Waals surface area contributed by atoms with Gasteiger partial charge < -0.3 is 9.47 Å². The maximum Gasteiger partial charge on any atom is 0.416 e. The number of alkyl halides is 3. The number of ether oxygens (including phenoxy) is 2. The zero-order valence-electron chi connectivity index (χ0n) is 14.6. The summed E-state index contributed by atoms with van der Waals surface area (Å²) in [5.41, 5.74) is 1.06. The van der Waals surface area contributed by atoms with Gasteiger partial charge in [-0.3, -0.25) is 4.90 Å². The number of nitrogens with zero attached hydrogens (tertiary/aromatic N) is 1. The quantitative estimate of drug-likeness (QED) is 0.753. The Morgan fingerprint density at radius 1 is 1.11 bits per heavy atom. The van der Waals surface area contributed by atoms with Crippen LogP contribution in [0.15, 0.2) is 42.5 Å². The van der Waals surface area contributed by atoms with Crippen LogP contribution in [-0.2, 0) is 10.9 Å². The van der Waals surface area contributed by atoms with Crippen LogP contribution in [0.4, 0.5) is 18.0 Å². The van der Waals surface area contributed by atoms with Crippen LogP contribution in [0.5, 0.6) is 5.75 Å². The molecule has 2 saturated heterocycles. The summed E-state index contributed by atoms with van der Waals surface area (Å²) in [6.45, 7) is 0.290. The molecule has 0 aromatic heterocycles. The van der Waals surface area contributed by atoms with Gasteiger partial charge in [-0.05, 0) is 42.2 Å². The Balaban J connectivity index is 1.88. The fourth-order valence-corrected chi connectivity index (χ4v) is 4.00. The summed E-state index contributed by atoms with van der Waals surface area (Å²) in [5.74, 6) is 0.567. The van der Waals surface area contributed by atoms with Gasteiger partial charge in [-0.2, -0.15) is 13.2 Å². The molecule has 142 valence electrons. The van der Waals surface area contributed by atoms with Gasteiger partial charge in [-0.1, -0.05) is 24.3 Å². The largest absolute Gasteiger partial charge is 0.496 e. The highest BCUT2D eigenvalue weighted by Gasteiger charge is 2.45. The molecule has 0 N–H and O–H groups in total. The summed E-state index contributed by atoms with van der Waals surface area (Å²) in [6.07, 6.45) is -3.62. The van der Waals surface area contributed by atoms with E-state index in [1.54, 1.807) is 29.2 Å². The Labute approximate surface area is 154 Å². The molecule has 27 heavy (non-hydrogen) atoms. The number of methoxy groups -OCH3 is 1. The zero-order chi connectivity index (χ0) is 19.2. The molecule has 2 atom stereocenters. The second-order valence-electron chi connectivity index (χ2n) is 6.73. The maximum absolute atomic E-state index is 13.3. The van der Waals surface area contributed by atoms with E-state index in [-0.39, 0.29) is 12.6 Å². The van der Waals surface area contributed by atoms with Gasteiger partial charge in [0.05, 0.1) is 24.8 Å². The van der Waals surface area contributed by atoms with Gasteiger partial charge in [0.1, 0.15) is 12.4 Å². The summed E-state index contributed by atoms with van der Waals surface area (Å²) in [5, 5.41) is 0. The molecule has 4 rings (SSSR count). The second kappa shape index (κ2) is 6.48. The number of para-hydroxylation sites is 1. The summed E-state index contributed by atoms with van der Waals surface area (Å²) in [7, 11) is 1.52. The Morgan fingerprint density at radius 3 is 2.63 bits per heavy atom. The number of hydrogen-bond donors (Lipinski definition) is 0. The average Bonchev–Trinajstić information content (AvgIpc) is 3.23. The van der Waals surface area contributed by atoms with Crippen molar-refractivity contribution in [3.63, 3.8) is 0 Å². The molecule has 0 saturated carbocycles. The van der Waals surface area contributed by atoms with Gasteiger partial charge in [0.2, 0.25) is 0 Å². The highest BCUT2D eigenvalue weighted by molar-refractivity contribution is 5.77. The van der Waals surface area contributed by atoms with Crippen LogP contribution in [0.2, 0.25) is 0 Å². The lowest BCUT2D eigenvalue weighted by molar-refractivity contribution is -0.137. The van der Waals surface area contributed by atoms with Crippen molar-refractivity contribution in [1.82, 2.24) is 4.90 Å². The minimum atomic E-state index is -4.46. The Bertz CT molecular complexity index is 881. The number of cyclic esters (lactones) is 1. The van der Waals surface area contributed by atoms with E-state index in [4.69, 9.17) is 9.47 Å². The fraction of sp³-hybridized carbons (Fsp3) is 0.350. The van der Waals surface area contributed by atoms with E-state index >= 15 is 0 Å². The molecular formula is C20H18F3NO3. The molecule has 2 fully saturated rings. The van der Waals surface area contributed by atoms with Crippen LogP contribution in [0.1, 0.15) is 30.0 Å². The van der Waals surface area contributed by atoms with Gasteiger partial charge in [0, 0.05) is 5.56 Å². The first kappa shape index (κ1) is 17.7. The van der Waals surface area contributed by atoms with Crippen molar-refractivity contribution in [1.29, 1.82) is 0 Å².